The molecule has 1 fully saturated rings. The standard InChI is InChI=1S/C19H24ClN3O2S/c1-12(2)10-23-18(25)15-9-13(20)7-8-16(15)22-19(23)26-11-17(24)21-14-5-3-4-6-14/h7-9,12,14H,3-6,10-11H2,1-2H3,(H,21,24). The number of nitrogens with one attached hydrogen (secondary N) is 1. The Morgan fingerprint density at radius 3 is 2.81 bits per heavy atom. The molecule has 1 heterocycles. The van der Waals surface area contributed by atoms with E-state index < -0.39 is 0 Å². The smallest absolute Gasteiger partial charge is 0.262 e. The summed E-state index contributed by atoms with van der Waals surface area (Å²) >= 11 is 7.36. The summed E-state index contributed by atoms with van der Waals surface area (Å²) in [4.78, 5) is 29.8. The summed E-state index contributed by atoms with van der Waals surface area (Å²) in [5.74, 6) is 0.557. The first-order valence-electron chi connectivity index (χ1n) is 9.06. The van der Waals surface area contributed by atoms with Crippen LogP contribution in [-0.2, 0) is 11.3 Å². The summed E-state index contributed by atoms with van der Waals surface area (Å²) in [6, 6.07) is 5.43. The number of fused-ring (bicyclic) bond motifs is 1. The van der Waals surface area contributed by atoms with E-state index in [-0.39, 0.29) is 23.1 Å². The van der Waals surface area contributed by atoms with Crippen LogP contribution in [0.4, 0.5) is 0 Å². The highest BCUT2D eigenvalue weighted by Gasteiger charge is 2.18. The molecule has 0 unspecified atom stereocenters. The van der Waals surface area contributed by atoms with Crippen LogP contribution in [0, 0.1) is 5.92 Å². The number of thioether (sulfide) groups is 1. The van der Waals surface area contributed by atoms with Gasteiger partial charge in [0.1, 0.15) is 0 Å². The third kappa shape index (κ3) is 4.60. The molecular weight excluding hydrogens is 370 g/mol. The number of benzene rings is 1. The molecule has 5 nitrogen and oxygen atoms in total. The van der Waals surface area contributed by atoms with E-state index in [2.05, 4.69) is 24.1 Å². The number of carbonyl (C=O) groups is 1. The Bertz CT molecular complexity index is 860. The van der Waals surface area contributed by atoms with Crippen LogP contribution in [0.2, 0.25) is 5.02 Å². The first-order chi connectivity index (χ1) is 12.4. The average molecular weight is 394 g/mol. The van der Waals surface area contributed by atoms with Crippen molar-refractivity contribution >= 4 is 40.2 Å². The minimum atomic E-state index is -0.107. The number of nitrogens with zero attached hydrogens (tertiary/aromatic N) is 2. The molecule has 1 saturated carbocycles. The monoisotopic (exact) mass is 393 g/mol. The van der Waals surface area contributed by atoms with Gasteiger partial charge in [0.25, 0.3) is 5.56 Å². The zero-order valence-corrected chi connectivity index (χ0v) is 16.7. The predicted molar refractivity (Wildman–Crippen MR) is 107 cm³/mol. The third-order valence-electron chi connectivity index (χ3n) is 4.48. The van der Waals surface area contributed by atoms with Crippen LogP contribution in [-0.4, -0.2) is 27.3 Å². The lowest BCUT2D eigenvalue weighted by atomic mass is 10.2. The lowest BCUT2D eigenvalue weighted by Gasteiger charge is -2.16. The fourth-order valence-electron chi connectivity index (χ4n) is 3.28. The van der Waals surface area contributed by atoms with Crippen molar-refractivity contribution in [1.29, 1.82) is 0 Å². The van der Waals surface area contributed by atoms with Gasteiger partial charge in [-0.2, -0.15) is 0 Å². The van der Waals surface area contributed by atoms with Crippen molar-refractivity contribution in [3.05, 3.63) is 33.6 Å². The molecule has 0 spiro atoms. The van der Waals surface area contributed by atoms with Crippen molar-refractivity contribution in [2.45, 2.75) is 57.3 Å². The molecule has 0 radical (unpaired) electrons. The van der Waals surface area contributed by atoms with Crippen molar-refractivity contribution in [3.8, 4) is 0 Å². The number of aromatic nitrogens is 2. The second-order valence-corrected chi connectivity index (χ2v) is 8.58. The summed E-state index contributed by atoms with van der Waals surface area (Å²) in [5, 5.41) is 4.69. The van der Waals surface area contributed by atoms with Crippen LogP contribution in [0.1, 0.15) is 39.5 Å². The van der Waals surface area contributed by atoms with Crippen LogP contribution < -0.4 is 10.9 Å². The third-order valence-corrected chi connectivity index (χ3v) is 5.69. The minimum Gasteiger partial charge on any atom is -0.353 e. The second-order valence-electron chi connectivity index (χ2n) is 7.20. The molecule has 1 aromatic carbocycles. The number of rotatable bonds is 6. The summed E-state index contributed by atoms with van der Waals surface area (Å²) in [7, 11) is 0. The molecule has 26 heavy (non-hydrogen) atoms. The number of hydrogen-bond donors (Lipinski definition) is 1. The Hall–Kier alpha value is -1.53. The van der Waals surface area contributed by atoms with E-state index in [0.29, 0.717) is 33.7 Å². The van der Waals surface area contributed by atoms with Crippen LogP contribution in [0.25, 0.3) is 10.9 Å². The quantitative estimate of drug-likeness (QED) is 0.598. The normalized spacial score (nSPS) is 15.1. The maximum atomic E-state index is 12.9. The van der Waals surface area contributed by atoms with Crippen molar-refractivity contribution in [1.82, 2.24) is 14.9 Å². The van der Waals surface area contributed by atoms with Crippen LogP contribution in [0.15, 0.2) is 28.2 Å². The Labute approximate surface area is 162 Å². The van der Waals surface area contributed by atoms with Gasteiger partial charge in [-0.15, -0.1) is 0 Å². The molecule has 3 rings (SSSR count). The number of halogens is 1. The van der Waals surface area contributed by atoms with Crippen molar-refractivity contribution in [2.75, 3.05) is 5.75 Å². The first kappa shape index (κ1) is 19.2. The van der Waals surface area contributed by atoms with Crippen molar-refractivity contribution in [3.63, 3.8) is 0 Å². The van der Waals surface area contributed by atoms with Gasteiger partial charge in [0, 0.05) is 17.6 Å². The highest BCUT2D eigenvalue weighted by Crippen LogP contribution is 2.22. The van der Waals surface area contributed by atoms with Crippen molar-refractivity contribution in [2.24, 2.45) is 5.92 Å². The molecule has 1 N–H and O–H groups in total. The highest BCUT2D eigenvalue weighted by atomic mass is 35.5. The molecule has 140 valence electrons. The van der Waals surface area contributed by atoms with E-state index in [1.165, 1.54) is 24.6 Å². The van der Waals surface area contributed by atoms with Gasteiger partial charge in [0.05, 0.1) is 16.7 Å². The van der Waals surface area contributed by atoms with E-state index in [0.717, 1.165) is 12.8 Å². The predicted octanol–water partition coefficient (Wildman–Crippen LogP) is 3.86. The minimum absolute atomic E-state index is 0.00319. The summed E-state index contributed by atoms with van der Waals surface area (Å²) in [5.41, 5.74) is 0.503. The largest absolute Gasteiger partial charge is 0.353 e. The molecule has 1 aliphatic rings. The maximum absolute atomic E-state index is 12.9. The summed E-state index contributed by atoms with van der Waals surface area (Å²) < 4.78 is 1.66. The molecule has 2 aromatic rings. The first-order valence-corrected chi connectivity index (χ1v) is 10.4. The van der Waals surface area contributed by atoms with Gasteiger partial charge in [-0.25, -0.2) is 4.98 Å². The second kappa shape index (κ2) is 8.44. The van der Waals surface area contributed by atoms with Crippen LogP contribution in [0.3, 0.4) is 0 Å². The van der Waals surface area contributed by atoms with Gasteiger partial charge >= 0.3 is 0 Å². The number of carbonyl (C=O) groups excluding carboxylic acids is 1. The summed E-state index contributed by atoms with van der Waals surface area (Å²) in [6.45, 7) is 4.66. The zero-order valence-electron chi connectivity index (χ0n) is 15.1. The Kier molecular flexibility index (Phi) is 6.24. The van der Waals surface area contributed by atoms with Gasteiger partial charge in [-0.3, -0.25) is 14.2 Å². The average Bonchev–Trinajstić information content (AvgIpc) is 3.09. The molecule has 0 aliphatic heterocycles. The molecule has 1 aromatic heterocycles. The Morgan fingerprint density at radius 1 is 1.38 bits per heavy atom. The van der Waals surface area contributed by atoms with E-state index in [1.54, 1.807) is 22.8 Å². The van der Waals surface area contributed by atoms with Gasteiger partial charge < -0.3 is 5.32 Å². The van der Waals surface area contributed by atoms with Gasteiger partial charge in [-0.05, 0) is 37.0 Å². The van der Waals surface area contributed by atoms with Crippen LogP contribution in [0.5, 0.6) is 0 Å². The zero-order chi connectivity index (χ0) is 18.7. The Morgan fingerprint density at radius 2 is 2.12 bits per heavy atom. The fraction of sp³-hybridized carbons (Fsp3) is 0.526. The van der Waals surface area contributed by atoms with Crippen LogP contribution >= 0.6 is 23.4 Å². The molecule has 1 aliphatic carbocycles. The maximum Gasteiger partial charge on any atom is 0.262 e. The molecule has 7 heteroatoms. The molecule has 1 amide bonds. The fourth-order valence-corrected chi connectivity index (χ4v) is 4.27. The topological polar surface area (TPSA) is 64.0 Å². The van der Waals surface area contributed by atoms with Gasteiger partial charge in [0.2, 0.25) is 5.91 Å². The van der Waals surface area contributed by atoms with E-state index in [9.17, 15) is 9.59 Å². The molecule has 0 atom stereocenters. The molecule has 0 bridgehead atoms. The molecular formula is C19H24ClN3O2S. The lowest BCUT2D eigenvalue weighted by Crippen LogP contribution is -2.34. The molecule has 0 saturated heterocycles. The van der Waals surface area contributed by atoms with E-state index in [4.69, 9.17) is 11.6 Å². The van der Waals surface area contributed by atoms with Crippen molar-refractivity contribution < 1.29 is 4.79 Å². The SMILES string of the molecule is CC(C)Cn1c(SCC(=O)NC2CCCC2)nc2ccc(Cl)cc2c1=O. The van der Waals surface area contributed by atoms with Gasteiger partial charge in [-0.1, -0.05) is 50.1 Å². The summed E-state index contributed by atoms with van der Waals surface area (Å²) in [6.07, 6.45) is 4.48. The van der Waals surface area contributed by atoms with Gasteiger partial charge in [0.15, 0.2) is 5.16 Å². The lowest BCUT2D eigenvalue weighted by molar-refractivity contribution is -0.119. The number of amides is 1. The van der Waals surface area contributed by atoms with E-state index in [1.807, 2.05) is 0 Å². The highest BCUT2D eigenvalue weighted by molar-refractivity contribution is 7.99. The number of hydrogen-bond acceptors (Lipinski definition) is 4. The Balaban J connectivity index is 1.84. The van der Waals surface area contributed by atoms with E-state index >= 15 is 0 Å².